The van der Waals surface area contributed by atoms with Crippen molar-refractivity contribution in [3.05, 3.63) is 46.0 Å². The fourth-order valence-electron chi connectivity index (χ4n) is 2.58. The highest BCUT2D eigenvalue weighted by atomic mass is 16.6. The second-order valence-corrected chi connectivity index (χ2v) is 4.75. The van der Waals surface area contributed by atoms with Crippen LogP contribution in [0, 0.1) is 10.1 Å². The molecule has 0 fully saturated rings. The fraction of sp³-hybridized carbons (Fsp3) is 0.467. The van der Waals surface area contributed by atoms with E-state index in [1.165, 1.54) is 0 Å². The first-order chi connectivity index (χ1) is 9.67. The fourth-order valence-corrected chi connectivity index (χ4v) is 2.58. The largest absolute Gasteiger partial charge is 0.493 e. The van der Waals surface area contributed by atoms with E-state index in [2.05, 4.69) is 0 Å². The summed E-state index contributed by atoms with van der Waals surface area (Å²) in [5.74, 6) is 1.18. The van der Waals surface area contributed by atoms with Crippen LogP contribution in [0.1, 0.15) is 31.2 Å². The SMILES string of the molecule is CCOc1ccc([C@@H]2CC=CC[C@@H]2[N+](=O)[O-])cc1OC. The van der Waals surface area contributed by atoms with Crippen molar-refractivity contribution in [2.75, 3.05) is 13.7 Å². The van der Waals surface area contributed by atoms with Gasteiger partial charge in [-0.05, 0) is 31.0 Å². The number of hydrogen-bond acceptors (Lipinski definition) is 4. The van der Waals surface area contributed by atoms with Crippen LogP contribution >= 0.6 is 0 Å². The van der Waals surface area contributed by atoms with Gasteiger partial charge in [-0.3, -0.25) is 10.1 Å². The molecular weight excluding hydrogens is 258 g/mol. The molecule has 0 spiro atoms. The van der Waals surface area contributed by atoms with Crippen molar-refractivity contribution in [2.45, 2.75) is 31.7 Å². The van der Waals surface area contributed by atoms with E-state index in [9.17, 15) is 10.1 Å². The second-order valence-electron chi connectivity index (χ2n) is 4.75. The molecule has 1 aromatic carbocycles. The van der Waals surface area contributed by atoms with Crippen LogP contribution in [0.15, 0.2) is 30.4 Å². The zero-order chi connectivity index (χ0) is 14.5. The number of hydrogen-bond donors (Lipinski definition) is 0. The first-order valence-electron chi connectivity index (χ1n) is 6.76. The number of benzene rings is 1. The summed E-state index contributed by atoms with van der Waals surface area (Å²) < 4.78 is 10.8. The minimum atomic E-state index is -0.567. The Hall–Kier alpha value is -2.04. The van der Waals surface area contributed by atoms with Gasteiger partial charge >= 0.3 is 0 Å². The number of allylic oxidation sites excluding steroid dienone is 1. The molecule has 1 aliphatic rings. The maximum atomic E-state index is 11.2. The van der Waals surface area contributed by atoms with E-state index in [-0.39, 0.29) is 10.8 Å². The Bertz CT molecular complexity index is 513. The summed E-state index contributed by atoms with van der Waals surface area (Å²) in [6, 6.07) is 5.01. The molecule has 5 nitrogen and oxygen atoms in total. The van der Waals surface area contributed by atoms with E-state index < -0.39 is 6.04 Å². The molecule has 2 rings (SSSR count). The van der Waals surface area contributed by atoms with Gasteiger partial charge in [-0.2, -0.15) is 0 Å². The third kappa shape index (κ3) is 2.92. The highest BCUT2D eigenvalue weighted by Gasteiger charge is 2.33. The van der Waals surface area contributed by atoms with E-state index in [0.29, 0.717) is 30.9 Å². The summed E-state index contributed by atoms with van der Waals surface area (Å²) in [6.45, 7) is 2.46. The minimum absolute atomic E-state index is 0.112. The van der Waals surface area contributed by atoms with Crippen molar-refractivity contribution in [3.8, 4) is 11.5 Å². The van der Waals surface area contributed by atoms with Crippen molar-refractivity contribution in [2.24, 2.45) is 0 Å². The molecule has 0 unspecified atom stereocenters. The maximum Gasteiger partial charge on any atom is 0.223 e. The third-order valence-corrected chi connectivity index (χ3v) is 3.59. The van der Waals surface area contributed by atoms with Crippen LogP contribution in [0.25, 0.3) is 0 Å². The lowest BCUT2D eigenvalue weighted by Gasteiger charge is -2.23. The predicted molar refractivity (Wildman–Crippen MR) is 76.1 cm³/mol. The Labute approximate surface area is 118 Å². The van der Waals surface area contributed by atoms with Crippen LogP contribution in [0.5, 0.6) is 11.5 Å². The molecule has 0 aromatic heterocycles. The molecule has 0 heterocycles. The summed E-state index contributed by atoms with van der Waals surface area (Å²) in [5.41, 5.74) is 0.927. The number of methoxy groups -OCH3 is 1. The van der Waals surface area contributed by atoms with Crippen LogP contribution in [0.4, 0.5) is 0 Å². The van der Waals surface area contributed by atoms with Crippen molar-refractivity contribution >= 4 is 0 Å². The van der Waals surface area contributed by atoms with Gasteiger partial charge in [0.1, 0.15) is 0 Å². The molecule has 5 heteroatoms. The summed E-state index contributed by atoms with van der Waals surface area (Å²) >= 11 is 0. The van der Waals surface area contributed by atoms with Crippen molar-refractivity contribution in [1.29, 1.82) is 0 Å². The minimum Gasteiger partial charge on any atom is -0.493 e. The van der Waals surface area contributed by atoms with E-state index in [0.717, 1.165) is 5.56 Å². The molecule has 108 valence electrons. The molecule has 2 atom stereocenters. The first-order valence-corrected chi connectivity index (χ1v) is 6.76. The summed E-state index contributed by atoms with van der Waals surface area (Å²) in [4.78, 5) is 11.0. The third-order valence-electron chi connectivity index (χ3n) is 3.59. The summed E-state index contributed by atoms with van der Waals surface area (Å²) in [5, 5.41) is 11.2. The van der Waals surface area contributed by atoms with Crippen LogP contribution in [-0.2, 0) is 0 Å². The molecule has 0 amide bonds. The van der Waals surface area contributed by atoms with Crippen molar-refractivity contribution < 1.29 is 14.4 Å². The molecule has 0 radical (unpaired) electrons. The molecule has 0 aliphatic heterocycles. The Kier molecular flexibility index (Phi) is 4.61. The Morgan fingerprint density at radius 3 is 2.70 bits per heavy atom. The average molecular weight is 277 g/mol. The first kappa shape index (κ1) is 14.4. The van der Waals surface area contributed by atoms with Crippen LogP contribution in [0.3, 0.4) is 0 Å². The number of rotatable bonds is 5. The quantitative estimate of drug-likeness (QED) is 0.471. The molecule has 0 bridgehead atoms. The number of ether oxygens (including phenoxy) is 2. The average Bonchev–Trinajstić information content (AvgIpc) is 2.48. The van der Waals surface area contributed by atoms with Gasteiger partial charge in [-0.25, -0.2) is 0 Å². The molecule has 1 aromatic rings. The van der Waals surface area contributed by atoms with Crippen LogP contribution in [0.2, 0.25) is 0 Å². The van der Waals surface area contributed by atoms with Crippen LogP contribution < -0.4 is 9.47 Å². The van der Waals surface area contributed by atoms with Gasteiger partial charge in [0.25, 0.3) is 0 Å². The van der Waals surface area contributed by atoms with Gasteiger partial charge < -0.3 is 9.47 Å². The molecule has 1 aliphatic carbocycles. The smallest absolute Gasteiger partial charge is 0.223 e. The Morgan fingerprint density at radius 2 is 2.05 bits per heavy atom. The van der Waals surface area contributed by atoms with E-state index in [4.69, 9.17) is 9.47 Å². The van der Waals surface area contributed by atoms with Crippen LogP contribution in [-0.4, -0.2) is 24.7 Å². The topological polar surface area (TPSA) is 61.6 Å². The number of nitrogens with zero attached hydrogens (tertiary/aromatic N) is 1. The van der Waals surface area contributed by atoms with Gasteiger partial charge in [-0.15, -0.1) is 0 Å². The Morgan fingerprint density at radius 1 is 1.30 bits per heavy atom. The molecule has 20 heavy (non-hydrogen) atoms. The molecule has 0 saturated carbocycles. The standard InChI is InChI=1S/C15H19NO4/c1-3-20-14-9-8-11(10-15(14)19-2)12-6-4-5-7-13(12)16(17)18/h4-5,8-10,12-13H,3,6-7H2,1-2H3/t12-,13-/m0/s1. The lowest BCUT2D eigenvalue weighted by atomic mass is 9.83. The molecule has 0 saturated heterocycles. The zero-order valence-corrected chi connectivity index (χ0v) is 11.7. The zero-order valence-electron chi connectivity index (χ0n) is 11.7. The Balaban J connectivity index is 2.31. The van der Waals surface area contributed by atoms with Gasteiger partial charge in [0.2, 0.25) is 6.04 Å². The van der Waals surface area contributed by atoms with E-state index >= 15 is 0 Å². The van der Waals surface area contributed by atoms with Crippen molar-refractivity contribution in [3.63, 3.8) is 0 Å². The highest BCUT2D eigenvalue weighted by molar-refractivity contribution is 5.44. The lowest BCUT2D eigenvalue weighted by Crippen LogP contribution is -2.28. The van der Waals surface area contributed by atoms with Gasteiger partial charge in [0.15, 0.2) is 11.5 Å². The summed E-state index contributed by atoms with van der Waals surface area (Å²) in [6.07, 6.45) is 5.05. The van der Waals surface area contributed by atoms with Gasteiger partial charge in [0.05, 0.1) is 19.6 Å². The monoisotopic (exact) mass is 277 g/mol. The highest BCUT2D eigenvalue weighted by Crippen LogP contribution is 2.36. The normalized spacial score (nSPS) is 21.5. The second kappa shape index (κ2) is 6.41. The van der Waals surface area contributed by atoms with E-state index in [1.54, 1.807) is 7.11 Å². The molecular formula is C15H19NO4. The lowest BCUT2D eigenvalue weighted by molar-refractivity contribution is -0.526. The van der Waals surface area contributed by atoms with Gasteiger partial charge in [-0.1, -0.05) is 18.2 Å². The van der Waals surface area contributed by atoms with Crippen molar-refractivity contribution in [1.82, 2.24) is 0 Å². The predicted octanol–water partition coefficient (Wildman–Crippen LogP) is 3.17. The summed E-state index contributed by atoms with van der Waals surface area (Å²) in [7, 11) is 1.58. The molecule has 0 N–H and O–H groups in total. The van der Waals surface area contributed by atoms with Gasteiger partial charge in [0, 0.05) is 11.3 Å². The number of nitro groups is 1. The maximum absolute atomic E-state index is 11.2. The van der Waals surface area contributed by atoms with E-state index in [1.807, 2.05) is 37.3 Å².